The number of rotatable bonds is 3. The van der Waals surface area contributed by atoms with Gasteiger partial charge >= 0.3 is 0 Å². The minimum absolute atomic E-state index is 0.140. The predicted octanol–water partition coefficient (Wildman–Crippen LogP) is 4.52. The Labute approximate surface area is 141 Å². The van der Waals surface area contributed by atoms with Crippen molar-refractivity contribution in [3.8, 4) is 11.5 Å². The van der Waals surface area contributed by atoms with Crippen LogP contribution in [0.3, 0.4) is 0 Å². The molecule has 1 heterocycles. The number of hydrogen-bond acceptors (Lipinski definition) is 4. The number of allylic oxidation sites excluding steroid dienone is 1. The Morgan fingerprint density at radius 3 is 2.42 bits per heavy atom. The van der Waals surface area contributed by atoms with E-state index in [9.17, 15) is 10.2 Å². The van der Waals surface area contributed by atoms with Crippen LogP contribution in [0.15, 0.2) is 66.4 Å². The number of ether oxygens (including phenoxy) is 2. The molecule has 2 aromatic rings. The van der Waals surface area contributed by atoms with Gasteiger partial charge in [0.15, 0.2) is 11.5 Å². The first-order chi connectivity index (χ1) is 11.4. The van der Waals surface area contributed by atoms with Gasteiger partial charge in [0.05, 0.1) is 0 Å². The van der Waals surface area contributed by atoms with E-state index in [-0.39, 0.29) is 17.6 Å². The van der Waals surface area contributed by atoms with E-state index in [1.54, 1.807) is 6.07 Å². The summed E-state index contributed by atoms with van der Waals surface area (Å²) in [5.41, 5.74) is 1.82. The second-order valence-electron chi connectivity index (χ2n) is 6.10. The molecule has 0 saturated heterocycles. The smallest absolute Gasteiger partial charge is 0.205 e. The lowest BCUT2D eigenvalue weighted by atomic mass is 10.1. The average Bonchev–Trinajstić information content (AvgIpc) is 2.55. The number of phenols is 2. The highest BCUT2D eigenvalue weighted by Gasteiger charge is 2.30. The Kier molecular flexibility index (Phi) is 4.32. The first-order valence-corrected chi connectivity index (χ1v) is 7.77. The van der Waals surface area contributed by atoms with E-state index in [0.717, 1.165) is 11.1 Å². The monoisotopic (exact) mass is 324 g/mol. The standard InChI is InChI=1S/C20H20O4/c1-20(2)23-16(10-8-14-9-11-17(21)18(22)12-14)13-19(24-20)15-6-4-3-5-7-15/h3-13,19,21-22H,1-2H3/b10-8+/t19-/m0/s1. The van der Waals surface area contributed by atoms with Gasteiger partial charge in [0.25, 0.3) is 0 Å². The fourth-order valence-electron chi connectivity index (χ4n) is 2.55. The van der Waals surface area contributed by atoms with Gasteiger partial charge in [-0.25, -0.2) is 0 Å². The summed E-state index contributed by atoms with van der Waals surface area (Å²) >= 11 is 0. The highest BCUT2D eigenvalue weighted by Crippen LogP contribution is 2.34. The maximum atomic E-state index is 9.56. The zero-order chi connectivity index (χ0) is 17.2. The van der Waals surface area contributed by atoms with Crippen LogP contribution in [0.25, 0.3) is 6.08 Å². The van der Waals surface area contributed by atoms with Gasteiger partial charge in [-0.05, 0) is 35.4 Å². The Hall–Kier alpha value is -2.72. The van der Waals surface area contributed by atoms with Crippen LogP contribution in [0, 0.1) is 0 Å². The molecule has 24 heavy (non-hydrogen) atoms. The third kappa shape index (κ3) is 3.78. The predicted molar refractivity (Wildman–Crippen MR) is 92.3 cm³/mol. The summed E-state index contributed by atoms with van der Waals surface area (Å²) in [4.78, 5) is 0. The van der Waals surface area contributed by atoms with Crippen LogP contribution < -0.4 is 0 Å². The van der Waals surface area contributed by atoms with Crippen molar-refractivity contribution >= 4 is 6.08 Å². The number of phenolic OH excluding ortho intramolecular Hbond substituents is 2. The minimum atomic E-state index is -0.744. The molecular formula is C20H20O4. The van der Waals surface area contributed by atoms with Crippen molar-refractivity contribution in [3.05, 3.63) is 77.6 Å². The van der Waals surface area contributed by atoms with Crippen LogP contribution in [0.1, 0.15) is 31.1 Å². The molecule has 0 saturated carbocycles. The highest BCUT2D eigenvalue weighted by atomic mass is 16.7. The largest absolute Gasteiger partial charge is 0.504 e. The van der Waals surface area contributed by atoms with Gasteiger partial charge in [-0.1, -0.05) is 42.5 Å². The lowest BCUT2D eigenvalue weighted by Crippen LogP contribution is -2.33. The first kappa shape index (κ1) is 16.1. The Morgan fingerprint density at radius 2 is 1.71 bits per heavy atom. The van der Waals surface area contributed by atoms with Crippen LogP contribution >= 0.6 is 0 Å². The molecule has 0 bridgehead atoms. The van der Waals surface area contributed by atoms with E-state index >= 15 is 0 Å². The van der Waals surface area contributed by atoms with Crippen LogP contribution in [0.5, 0.6) is 11.5 Å². The van der Waals surface area contributed by atoms with Gasteiger partial charge in [-0.3, -0.25) is 0 Å². The third-order valence-electron chi connectivity index (χ3n) is 3.66. The zero-order valence-corrected chi connectivity index (χ0v) is 13.6. The molecule has 1 atom stereocenters. The van der Waals surface area contributed by atoms with Crippen molar-refractivity contribution in [2.75, 3.05) is 0 Å². The molecule has 2 aromatic carbocycles. The quantitative estimate of drug-likeness (QED) is 0.815. The van der Waals surface area contributed by atoms with Gasteiger partial charge in [0.1, 0.15) is 11.9 Å². The maximum absolute atomic E-state index is 9.56. The van der Waals surface area contributed by atoms with Crippen molar-refractivity contribution in [1.29, 1.82) is 0 Å². The van der Waals surface area contributed by atoms with E-state index in [2.05, 4.69) is 0 Å². The van der Waals surface area contributed by atoms with Gasteiger partial charge in [-0.15, -0.1) is 0 Å². The van der Waals surface area contributed by atoms with E-state index in [1.807, 2.05) is 62.4 Å². The van der Waals surface area contributed by atoms with Crippen molar-refractivity contribution in [3.63, 3.8) is 0 Å². The summed E-state index contributed by atoms with van der Waals surface area (Å²) in [6.07, 6.45) is 5.36. The number of benzene rings is 2. The summed E-state index contributed by atoms with van der Waals surface area (Å²) in [5.74, 6) is -0.348. The molecule has 0 radical (unpaired) electrons. The molecule has 0 spiro atoms. The molecule has 3 rings (SSSR count). The molecule has 0 unspecified atom stereocenters. The Balaban J connectivity index is 1.86. The molecule has 124 valence electrons. The molecular weight excluding hydrogens is 304 g/mol. The second kappa shape index (κ2) is 6.42. The molecule has 0 aromatic heterocycles. The highest BCUT2D eigenvalue weighted by molar-refractivity contribution is 5.57. The van der Waals surface area contributed by atoms with Crippen molar-refractivity contribution in [1.82, 2.24) is 0 Å². The molecule has 1 aliphatic rings. The van der Waals surface area contributed by atoms with Crippen LogP contribution in [0.4, 0.5) is 0 Å². The average molecular weight is 324 g/mol. The van der Waals surface area contributed by atoms with E-state index in [1.165, 1.54) is 12.1 Å². The summed E-state index contributed by atoms with van der Waals surface area (Å²) < 4.78 is 11.8. The van der Waals surface area contributed by atoms with Crippen molar-refractivity contribution in [2.24, 2.45) is 0 Å². The molecule has 4 nitrogen and oxygen atoms in total. The molecule has 0 aliphatic carbocycles. The van der Waals surface area contributed by atoms with E-state index < -0.39 is 5.79 Å². The molecule has 0 amide bonds. The molecule has 0 fully saturated rings. The van der Waals surface area contributed by atoms with Crippen LogP contribution in [0.2, 0.25) is 0 Å². The first-order valence-electron chi connectivity index (χ1n) is 7.77. The summed E-state index contributed by atoms with van der Waals surface area (Å²) in [7, 11) is 0. The van der Waals surface area contributed by atoms with Crippen molar-refractivity contribution < 1.29 is 19.7 Å². The van der Waals surface area contributed by atoms with Crippen molar-refractivity contribution in [2.45, 2.75) is 25.7 Å². The van der Waals surface area contributed by atoms with Gasteiger partial charge in [0.2, 0.25) is 5.79 Å². The fourth-order valence-corrected chi connectivity index (χ4v) is 2.55. The molecule has 1 aliphatic heterocycles. The SMILES string of the molecule is CC1(C)OC(/C=C/c2ccc(O)c(O)c2)=C[C@@H](c2ccccc2)O1. The third-order valence-corrected chi connectivity index (χ3v) is 3.66. The maximum Gasteiger partial charge on any atom is 0.205 e. The van der Waals surface area contributed by atoms with Gasteiger partial charge < -0.3 is 19.7 Å². The van der Waals surface area contributed by atoms with E-state index in [0.29, 0.717) is 5.76 Å². The van der Waals surface area contributed by atoms with Crippen LogP contribution in [-0.4, -0.2) is 16.0 Å². The van der Waals surface area contributed by atoms with Crippen LogP contribution in [-0.2, 0) is 9.47 Å². The summed E-state index contributed by atoms with van der Waals surface area (Å²) in [6.45, 7) is 3.74. The summed E-state index contributed by atoms with van der Waals surface area (Å²) in [6, 6.07) is 14.6. The Bertz CT molecular complexity index is 775. The van der Waals surface area contributed by atoms with Gasteiger partial charge in [0, 0.05) is 13.8 Å². The number of aromatic hydroxyl groups is 2. The lowest BCUT2D eigenvalue weighted by molar-refractivity contribution is -0.221. The zero-order valence-electron chi connectivity index (χ0n) is 13.6. The fraction of sp³-hybridized carbons (Fsp3) is 0.200. The van der Waals surface area contributed by atoms with E-state index in [4.69, 9.17) is 9.47 Å². The van der Waals surface area contributed by atoms with Gasteiger partial charge in [-0.2, -0.15) is 0 Å². The normalized spacial score (nSPS) is 19.8. The summed E-state index contributed by atoms with van der Waals surface area (Å²) in [5, 5.41) is 18.9. The Morgan fingerprint density at radius 1 is 0.958 bits per heavy atom. The number of hydrogen-bond donors (Lipinski definition) is 2. The molecule has 4 heteroatoms. The molecule has 2 N–H and O–H groups in total. The topological polar surface area (TPSA) is 58.9 Å². The second-order valence-corrected chi connectivity index (χ2v) is 6.10. The minimum Gasteiger partial charge on any atom is -0.504 e. The lowest BCUT2D eigenvalue weighted by Gasteiger charge is -2.35.